The molecule has 0 unspecified atom stereocenters. The van der Waals surface area contributed by atoms with Crippen LogP contribution in [0.1, 0.15) is 0 Å². The lowest BCUT2D eigenvalue weighted by Crippen LogP contribution is -1.77. The first-order chi connectivity index (χ1) is 13.4. The fourth-order valence-corrected chi connectivity index (χ4v) is 7.74. The van der Waals surface area contributed by atoms with Gasteiger partial charge in [-0.25, -0.2) is 0 Å². The van der Waals surface area contributed by atoms with Gasteiger partial charge in [0, 0.05) is 19.7 Å². The Labute approximate surface area is 169 Å². The minimum Gasteiger partial charge on any atom is -0.133 e. The second-order valence-electron chi connectivity index (χ2n) is 6.61. The molecule has 0 N–H and O–H groups in total. The summed E-state index contributed by atoms with van der Waals surface area (Å²) in [5.74, 6) is 0. The van der Waals surface area contributed by atoms with Gasteiger partial charge >= 0.3 is 0 Å². The highest BCUT2D eigenvalue weighted by atomic mass is 32.1. The zero-order valence-electron chi connectivity index (χ0n) is 14.3. The molecule has 27 heavy (non-hydrogen) atoms. The Hall–Kier alpha value is -2.46. The van der Waals surface area contributed by atoms with Crippen LogP contribution in [0.25, 0.3) is 50.5 Å². The van der Waals surface area contributed by atoms with E-state index in [1.165, 1.54) is 50.5 Å². The van der Waals surface area contributed by atoms with Gasteiger partial charge in [0.1, 0.15) is 0 Å². The van der Waals surface area contributed by atoms with E-state index in [2.05, 4.69) is 84.9 Å². The number of hydrogen-bond donors (Lipinski definition) is 0. The Kier molecular flexibility index (Phi) is 3.48. The standard InChI is InChI=1S/C24H14S3/c1-2-6-15(7-3-1)16-10-12-17(13-11-16)20-14-21-23(26-20)24-22(27-21)18-8-4-5-9-19(18)25-24/h1-14H. The highest BCUT2D eigenvalue weighted by Crippen LogP contribution is 2.48. The molecule has 0 bridgehead atoms. The van der Waals surface area contributed by atoms with Crippen LogP contribution in [0.4, 0.5) is 0 Å². The Morgan fingerprint density at radius 2 is 1.11 bits per heavy atom. The van der Waals surface area contributed by atoms with Gasteiger partial charge < -0.3 is 0 Å². The van der Waals surface area contributed by atoms with Crippen molar-refractivity contribution in [3.63, 3.8) is 0 Å². The summed E-state index contributed by atoms with van der Waals surface area (Å²) in [6, 6.07) is 30.6. The van der Waals surface area contributed by atoms with Crippen LogP contribution in [0.2, 0.25) is 0 Å². The van der Waals surface area contributed by atoms with Crippen molar-refractivity contribution >= 4 is 62.9 Å². The van der Waals surface area contributed by atoms with Crippen LogP contribution in [-0.4, -0.2) is 0 Å². The first kappa shape index (κ1) is 15.6. The van der Waals surface area contributed by atoms with Gasteiger partial charge in [0.25, 0.3) is 0 Å². The first-order valence-corrected chi connectivity index (χ1v) is 11.3. The van der Waals surface area contributed by atoms with Crippen LogP contribution in [-0.2, 0) is 0 Å². The Balaban J connectivity index is 1.45. The van der Waals surface area contributed by atoms with Crippen LogP contribution in [0.5, 0.6) is 0 Å². The molecule has 0 radical (unpaired) electrons. The highest BCUT2D eigenvalue weighted by molar-refractivity contribution is 7.41. The lowest BCUT2D eigenvalue weighted by molar-refractivity contribution is 1.62. The first-order valence-electron chi connectivity index (χ1n) is 8.86. The van der Waals surface area contributed by atoms with E-state index >= 15 is 0 Å². The van der Waals surface area contributed by atoms with Gasteiger partial charge in [0.2, 0.25) is 0 Å². The van der Waals surface area contributed by atoms with Crippen LogP contribution in [0, 0.1) is 0 Å². The van der Waals surface area contributed by atoms with Crippen LogP contribution >= 0.6 is 34.0 Å². The molecule has 0 atom stereocenters. The SMILES string of the molecule is c1ccc(-c2ccc(-c3cc4sc5c6ccccc6sc5c4s3)cc2)cc1. The summed E-state index contributed by atoms with van der Waals surface area (Å²) >= 11 is 5.79. The molecule has 0 spiro atoms. The number of fused-ring (bicyclic) bond motifs is 5. The van der Waals surface area contributed by atoms with E-state index in [1.54, 1.807) is 0 Å². The van der Waals surface area contributed by atoms with Crippen molar-refractivity contribution in [1.29, 1.82) is 0 Å². The summed E-state index contributed by atoms with van der Waals surface area (Å²) < 4.78 is 7.14. The highest BCUT2D eigenvalue weighted by Gasteiger charge is 2.15. The topological polar surface area (TPSA) is 0 Å². The maximum Gasteiger partial charge on any atom is 0.0642 e. The summed E-state index contributed by atoms with van der Waals surface area (Å²) in [6.45, 7) is 0. The molecule has 3 heteroatoms. The van der Waals surface area contributed by atoms with Gasteiger partial charge in [-0.15, -0.1) is 34.0 Å². The third kappa shape index (κ3) is 2.47. The summed E-state index contributed by atoms with van der Waals surface area (Å²) in [5, 5.41) is 1.40. The molecule has 0 nitrogen and oxygen atoms in total. The molecule has 128 valence electrons. The number of hydrogen-bond acceptors (Lipinski definition) is 3. The molecule has 0 saturated heterocycles. The normalized spacial score (nSPS) is 11.7. The summed E-state index contributed by atoms with van der Waals surface area (Å²) in [7, 11) is 0. The monoisotopic (exact) mass is 398 g/mol. The lowest BCUT2D eigenvalue weighted by Gasteiger charge is -2.03. The van der Waals surface area contributed by atoms with Crippen molar-refractivity contribution in [3.8, 4) is 21.6 Å². The largest absolute Gasteiger partial charge is 0.133 e. The Morgan fingerprint density at radius 1 is 0.444 bits per heavy atom. The van der Waals surface area contributed by atoms with Gasteiger partial charge in [0.05, 0.1) is 14.1 Å². The van der Waals surface area contributed by atoms with E-state index < -0.39 is 0 Å². The quantitative estimate of drug-likeness (QED) is 0.274. The van der Waals surface area contributed by atoms with E-state index in [0.29, 0.717) is 0 Å². The second-order valence-corrected chi connectivity index (χ2v) is 9.76. The molecule has 6 rings (SSSR count). The molecular weight excluding hydrogens is 384 g/mol. The van der Waals surface area contributed by atoms with Crippen molar-refractivity contribution in [2.75, 3.05) is 0 Å². The summed E-state index contributed by atoms with van der Waals surface area (Å²) in [4.78, 5) is 1.36. The fraction of sp³-hybridized carbons (Fsp3) is 0. The predicted octanol–water partition coefficient (Wildman–Crippen LogP) is 8.66. The molecule has 0 amide bonds. The molecule has 3 heterocycles. The van der Waals surface area contributed by atoms with Gasteiger partial charge in [0.15, 0.2) is 0 Å². The van der Waals surface area contributed by atoms with Crippen LogP contribution in [0.3, 0.4) is 0 Å². The average Bonchev–Trinajstić information content (AvgIpc) is 3.38. The third-order valence-corrected chi connectivity index (χ3v) is 8.89. The minimum atomic E-state index is 1.27. The molecule has 3 aromatic carbocycles. The number of benzene rings is 3. The molecular formula is C24H14S3. The predicted molar refractivity (Wildman–Crippen MR) is 123 cm³/mol. The van der Waals surface area contributed by atoms with Crippen molar-refractivity contribution < 1.29 is 0 Å². The molecule has 0 aliphatic heterocycles. The van der Waals surface area contributed by atoms with Crippen LogP contribution in [0.15, 0.2) is 84.9 Å². The molecule has 3 aromatic heterocycles. The summed E-state index contributed by atoms with van der Waals surface area (Å²) in [5.41, 5.74) is 3.84. The van der Waals surface area contributed by atoms with E-state index in [1.807, 2.05) is 34.0 Å². The van der Waals surface area contributed by atoms with E-state index in [9.17, 15) is 0 Å². The van der Waals surface area contributed by atoms with Crippen molar-refractivity contribution in [3.05, 3.63) is 84.9 Å². The van der Waals surface area contributed by atoms with Crippen molar-refractivity contribution in [1.82, 2.24) is 0 Å². The average molecular weight is 399 g/mol. The molecule has 0 saturated carbocycles. The second kappa shape index (κ2) is 6.03. The number of thiophene rings is 3. The maximum absolute atomic E-state index is 2.36. The van der Waals surface area contributed by atoms with Crippen LogP contribution < -0.4 is 0 Å². The molecule has 0 aliphatic carbocycles. The van der Waals surface area contributed by atoms with E-state index in [-0.39, 0.29) is 0 Å². The molecule has 0 aliphatic rings. The lowest BCUT2D eigenvalue weighted by atomic mass is 10.0. The summed E-state index contributed by atoms with van der Waals surface area (Å²) in [6.07, 6.45) is 0. The zero-order valence-corrected chi connectivity index (χ0v) is 16.8. The Bertz CT molecular complexity index is 1400. The zero-order chi connectivity index (χ0) is 17.8. The fourth-order valence-electron chi connectivity index (χ4n) is 3.59. The van der Waals surface area contributed by atoms with Gasteiger partial charge in [-0.1, -0.05) is 72.8 Å². The van der Waals surface area contributed by atoms with Gasteiger partial charge in [-0.2, -0.15) is 0 Å². The third-order valence-electron chi connectivity index (χ3n) is 4.94. The smallest absolute Gasteiger partial charge is 0.0642 e. The van der Waals surface area contributed by atoms with Crippen molar-refractivity contribution in [2.24, 2.45) is 0 Å². The van der Waals surface area contributed by atoms with E-state index in [0.717, 1.165) is 0 Å². The Morgan fingerprint density at radius 3 is 1.96 bits per heavy atom. The number of rotatable bonds is 2. The maximum atomic E-state index is 2.36. The molecule has 6 aromatic rings. The van der Waals surface area contributed by atoms with Crippen molar-refractivity contribution in [2.45, 2.75) is 0 Å². The van der Waals surface area contributed by atoms with E-state index in [4.69, 9.17) is 0 Å². The molecule has 0 fully saturated rings. The minimum absolute atomic E-state index is 1.27. The van der Waals surface area contributed by atoms with Gasteiger partial charge in [-0.05, 0) is 28.8 Å². The van der Waals surface area contributed by atoms with Gasteiger partial charge in [-0.3, -0.25) is 0 Å².